The molecule has 78 valence electrons. The lowest BCUT2D eigenvalue weighted by molar-refractivity contribution is 0.129. The molecule has 1 aromatic rings. The molecule has 0 aliphatic carbocycles. The van der Waals surface area contributed by atoms with Gasteiger partial charge in [-0.3, -0.25) is 4.98 Å². The van der Waals surface area contributed by atoms with Crippen molar-refractivity contribution in [2.45, 2.75) is 32.9 Å². The molecule has 0 bridgehead atoms. The molecule has 1 heterocycles. The van der Waals surface area contributed by atoms with Crippen LogP contribution >= 0.6 is 0 Å². The zero-order valence-electron chi connectivity index (χ0n) is 9.29. The van der Waals surface area contributed by atoms with E-state index in [1.807, 2.05) is 40.1 Å². The van der Waals surface area contributed by atoms with Gasteiger partial charge in [-0.1, -0.05) is 0 Å². The highest BCUT2D eigenvalue weighted by Crippen LogP contribution is 2.21. The Morgan fingerprint density at radius 2 is 2.14 bits per heavy atom. The first-order valence-electron chi connectivity index (χ1n) is 4.79. The minimum Gasteiger partial charge on any atom is -0.488 e. The molecule has 0 saturated heterocycles. The predicted octanol–water partition coefficient (Wildman–Crippen LogP) is 1.98. The summed E-state index contributed by atoms with van der Waals surface area (Å²) in [5, 5.41) is 3.09. The second-order valence-corrected chi connectivity index (χ2v) is 4.23. The molecule has 3 heteroatoms. The van der Waals surface area contributed by atoms with E-state index in [0.29, 0.717) is 0 Å². The average Bonchev–Trinajstić information content (AvgIpc) is 2.06. The Bertz CT molecular complexity index is 292. The zero-order chi connectivity index (χ0) is 10.6. The molecule has 0 fully saturated rings. The average molecular weight is 194 g/mol. The largest absolute Gasteiger partial charge is 0.488 e. The van der Waals surface area contributed by atoms with Crippen LogP contribution < -0.4 is 10.1 Å². The van der Waals surface area contributed by atoms with Gasteiger partial charge < -0.3 is 10.1 Å². The van der Waals surface area contributed by atoms with Crippen LogP contribution in [-0.4, -0.2) is 17.6 Å². The summed E-state index contributed by atoms with van der Waals surface area (Å²) in [4.78, 5) is 4.07. The third-order valence-electron chi connectivity index (χ3n) is 1.64. The molecule has 0 amide bonds. The lowest BCUT2D eigenvalue weighted by Crippen LogP contribution is -2.24. The van der Waals surface area contributed by atoms with Gasteiger partial charge in [0.05, 0.1) is 0 Å². The van der Waals surface area contributed by atoms with Crippen LogP contribution in [0.1, 0.15) is 26.3 Å². The van der Waals surface area contributed by atoms with E-state index in [9.17, 15) is 0 Å². The van der Waals surface area contributed by atoms with Gasteiger partial charge in [0.25, 0.3) is 0 Å². The Hall–Kier alpha value is -1.09. The summed E-state index contributed by atoms with van der Waals surface area (Å²) in [6, 6.07) is 1.90. The summed E-state index contributed by atoms with van der Waals surface area (Å²) in [6.07, 6.45) is 3.58. The summed E-state index contributed by atoms with van der Waals surface area (Å²) in [6.45, 7) is 6.89. The van der Waals surface area contributed by atoms with Crippen LogP contribution in [0.15, 0.2) is 18.5 Å². The fourth-order valence-corrected chi connectivity index (χ4v) is 1.17. The number of ether oxygens (including phenoxy) is 1. The number of rotatable bonds is 3. The van der Waals surface area contributed by atoms with Crippen molar-refractivity contribution in [1.29, 1.82) is 0 Å². The second kappa shape index (κ2) is 4.42. The molecule has 14 heavy (non-hydrogen) atoms. The number of hydrogen-bond donors (Lipinski definition) is 1. The first-order chi connectivity index (χ1) is 6.53. The van der Waals surface area contributed by atoms with Gasteiger partial charge in [-0.05, 0) is 33.9 Å². The molecule has 0 unspecified atom stereocenters. The van der Waals surface area contributed by atoms with E-state index in [4.69, 9.17) is 4.74 Å². The van der Waals surface area contributed by atoms with Gasteiger partial charge in [-0.15, -0.1) is 0 Å². The Morgan fingerprint density at radius 3 is 2.71 bits per heavy atom. The van der Waals surface area contributed by atoms with Gasteiger partial charge in [-0.2, -0.15) is 0 Å². The van der Waals surface area contributed by atoms with E-state index < -0.39 is 0 Å². The molecular formula is C11H18N2O. The number of nitrogens with one attached hydrogen (secondary N) is 1. The maximum Gasteiger partial charge on any atom is 0.127 e. The normalized spacial score (nSPS) is 11.4. The molecule has 0 atom stereocenters. The van der Waals surface area contributed by atoms with Crippen molar-refractivity contribution in [3.05, 3.63) is 24.0 Å². The zero-order valence-corrected chi connectivity index (χ0v) is 9.29. The van der Waals surface area contributed by atoms with E-state index in [1.165, 1.54) is 0 Å². The minimum atomic E-state index is -0.163. The molecule has 0 aliphatic rings. The number of hydrogen-bond acceptors (Lipinski definition) is 3. The Kier molecular flexibility index (Phi) is 3.47. The topological polar surface area (TPSA) is 34.2 Å². The quantitative estimate of drug-likeness (QED) is 0.799. The molecule has 0 radical (unpaired) electrons. The highest BCUT2D eigenvalue weighted by atomic mass is 16.5. The van der Waals surface area contributed by atoms with E-state index >= 15 is 0 Å². The predicted molar refractivity (Wildman–Crippen MR) is 57.4 cm³/mol. The molecule has 1 aromatic heterocycles. The Balaban J connectivity index is 2.84. The van der Waals surface area contributed by atoms with Crippen LogP contribution in [0.5, 0.6) is 5.75 Å². The molecule has 1 rings (SSSR count). The van der Waals surface area contributed by atoms with Crippen molar-refractivity contribution >= 4 is 0 Å². The van der Waals surface area contributed by atoms with E-state index in [-0.39, 0.29) is 5.60 Å². The van der Waals surface area contributed by atoms with E-state index in [0.717, 1.165) is 17.9 Å². The summed E-state index contributed by atoms with van der Waals surface area (Å²) in [5.41, 5.74) is 0.925. The SMILES string of the molecule is CNCc1cnccc1OC(C)(C)C. The molecule has 0 aromatic carbocycles. The van der Waals surface area contributed by atoms with Gasteiger partial charge in [0.1, 0.15) is 11.4 Å². The van der Waals surface area contributed by atoms with Crippen molar-refractivity contribution in [1.82, 2.24) is 10.3 Å². The van der Waals surface area contributed by atoms with Crippen molar-refractivity contribution in [2.75, 3.05) is 7.05 Å². The maximum absolute atomic E-state index is 5.81. The number of nitrogens with zero attached hydrogens (tertiary/aromatic N) is 1. The van der Waals surface area contributed by atoms with Gasteiger partial charge in [0.2, 0.25) is 0 Å². The van der Waals surface area contributed by atoms with Crippen LogP contribution in [0.2, 0.25) is 0 Å². The first-order valence-corrected chi connectivity index (χ1v) is 4.79. The van der Waals surface area contributed by atoms with Crippen LogP contribution in [0, 0.1) is 0 Å². The van der Waals surface area contributed by atoms with Crippen molar-refractivity contribution in [2.24, 2.45) is 0 Å². The molecule has 3 nitrogen and oxygen atoms in total. The standard InChI is InChI=1S/C11H18N2O/c1-11(2,3)14-10-5-6-13-8-9(10)7-12-4/h5-6,8,12H,7H2,1-4H3. The van der Waals surface area contributed by atoms with Gasteiger partial charge in [0, 0.05) is 24.5 Å². The first kappa shape index (κ1) is 11.0. The monoisotopic (exact) mass is 194 g/mol. The van der Waals surface area contributed by atoms with Crippen LogP contribution in [0.25, 0.3) is 0 Å². The Labute approximate surface area is 85.5 Å². The fourth-order valence-electron chi connectivity index (χ4n) is 1.17. The molecule has 0 aliphatic heterocycles. The number of pyridine rings is 1. The van der Waals surface area contributed by atoms with Crippen molar-refractivity contribution in [3.63, 3.8) is 0 Å². The second-order valence-electron chi connectivity index (χ2n) is 4.23. The highest BCUT2D eigenvalue weighted by Gasteiger charge is 2.13. The lowest BCUT2D eigenvalue weighted by Gasteiger charge is -2.22. The molecule has 1 N–H and O–H groups in total. The molecular weight excluding hydrogens is 176 g/mol. The minimum absolute atomic E-state index is 0.163. The van der Waals surface area contributed by atoms with Gasteiger partial charge in [0.15, 0.2) is 0 Å². The summed E-state index contributed by atoms with van der Waals surface area (Å²) < 4.78 is 5.81. The van der Waals surface area contributed by atoms with Crippen LogP contribution in [-0.2, 0) is 6.54 Å². The molecule has 0 saturated carbocycles. The van der Waals surface area contributed by atoms with E-state index in [1.54, 1.807) is 6.20 Å². The summed E-state index contributed by atoms with van der Waals surface area (Å²) in [5.74, 6) is 0.904. The van der Waals surface area contributed by atoms with E-state index in [2.05, 4.69) is 10.3 Å². The van der Waals surface area contributed by atoms with Crippen LogP contribution in [0.4, 0.5) is 0 Å². The number of aromatic nitrogens is 1. The maximum atomic E-state index is 5.81. The van der Waals surface area contributed by atoms with Gasteiger partial charge >= 0.3 is 0 Å². The lowest BCUT2D eigenvalue weighted by atomic mass is 10.2. The van der Waals surface area contributed by atoms with Crippen molar-refractivity contribution < 1.29 is 4.74 Å². The van der Waals surface area contributed by atoms with Crippen LogP contribution in [0.3, 0.4) is 0 Å². The highest BCUT2D eigenvalue weighted by molar-refractivity contribution is 5.30. The Morgan fingerprint density at radius 1 is 1.43 bits per heavy atom. The fraction of sp³-hybridized carbons (Fsp3) is 0.545. The summed E-state index contributed by atoms with van der Waals surface area (Å²) >= 11 is 0. The molecule has 0 spiro atoms. The smallest absolute Gasteiger partial charge is 0.127 e. The van der Waals surface area contributed by atoms with Gasteiger partial charge in [-0.25, -0.2) is 0 Å². The van der Waals surface area contributed by atoms with Crippen molar-refractivity contribution in [3.8, 4) is 5.75 Å². The summed E-state index contributed by atoms with van der Waals surface area (Å²) in [7, 11) is 1.91. The third-order valence-corrected chi connectivity index (χ3v) is 1.64. The third kappa shape index (κ3) is 3.34.